The first-order valence-corrected chi connectivity index (χ1v) is 7.45. The number of carbonyl (C=O) groups is 1. The second-order valence-corrected chi connectivity index (χ2v) is 5.98. The zero-order valence-corrected chi connectivity index (χ0v) is 13.0. The highest BCUT2D eigenvalue weighted by atomic mass is 79.9. The normalized spacial score (nSPS) is 13.8. The predicted molar refractivity (Wildman–Crippen MR) is 83.5 cm³/mol. The number of alkyl halides is 2. The van der Waals surface area contributed by atoms with E-state index < -0.39 is 5.38 Å². The quantitative estimate of drug-likeness (QED) is 0.538. The molecule has 0 aromatic heterocycles. The molecule has 0 fully saturated rings. The van der Waals surface area contributed by atoms with Crippen LogP contribution < -0.4 is 0 Å². The number of halogens is 3. The zero-order valence-electron chi connectivity index (χ0n) is 9.89. The van der Waals surface area contributed by atoms with Crippen LogP contribution in [-0.4, -0.2) is 11.2 Å². The molecule has 0 heterocycles. The summed E-state index contributed by atoms with van der Waals surface area (Å²) >= 11 is 15.6. The van der Waals surface area contributed by atoms with E-state index in [0.29, 0.717) is 10.6 Å². The van der Waals surface area contributed by atoms with E-state index in [9.17, 15) is 4.79 Å². The van der Waals surface area contributed by atoms with Crippen molar-refractivity contribution in [2.24, 2.45) is 0 Å². The van der Waals surface area contributed by atoms with Crippen molar-refractivity contribution in [1.29, 1.82) is 0 Å². The van der Waals surface area contributed by atoms with Gasteiger partial charge >= 0.3 is 0 Å². The number of Topliss-reactive ketones (excluding diaryl/α,β-unsaturated/α-hetero) is 1. The second kappa shape index (κ2) is 6.56. The van der Waals surface area contributed by atoms with Gasteiger partial charge in [0, 0.05) is 10.6 Å². The molecule has 4 heteroatoms. The van der Waals surface area contributed by atoms with Crippen LogP contribution in [0.3, 0.4) is 0 Å². The Labute approximate surface area is 130 Å². The largest absolute Gasteiger partial charge is 0.292 e. The highest BCUT2D eigenvalue weighted by Crippen LogP contribution is 2.32. The summed E-state index contributed by atoms with van der Waals surface area (Å²) in [7, 11) is 0. The monoisotopic (exact) mass is 356 g/mol. The molecule has 0 aliphatic carbocycles. The minimum absolute atomic E-state index is 0.0981. The van der Waals surface area contributed by atoms with Gasteiger partial charge in [0.15, 0.2) is 5.78 Å². The van der Waals surface area contributed by atoms with E-state index in [0.717, 1.165) is 5.56 Å². The Bertz CT molecular complexity index is 554. The summed E-state index contributed by atoms with van der Waals surface area (Å²) < 4.78 is 0. The molecule has 19 heavy (non-hydrogen) atoms. The van der Waals surface area contributed by atoms with Gasteiger partial charge in [-0.3, -0.25) is 4.79 Å². The van der Waals surface area contributed by atoms with Crippen LogP contribution in [-0.2, 0) is 0 Å². The third kappa shape index (κ3) is 3.59. The molecule has 0 spiro atoms. The van der Waals surface area contributed by atoms with Gasteiger partial charge in [-0.15, -0.1) is 11.6 Å². The fourth-order valence-electron chi connectivity index (χ4n) is 1.71. The first-order valence-electron chi connectivity index (χ1n) is 5.72. The van der Waals surface area contributed by atoms with Gasteiger partial charge in [-0.2, -0.15) is 0 Å². The second-order valence-electron chi connectivity index (χ2n) is 4.09. The van der Waals surface area contributed by atoms with E-state index >= 15 is 0 Å². The van der Waals surface area contributed by atoms with Crippen LogP contribution in [0.15, 0.2) is 54.6 Å². The lowest BCUT2D eigenvalue weighted by Crippen LogP contribution is -2.19. The Morgan fingerprint density at radius 2 is 1.58 bits per heavy atom. The summed E-state index contributed by atoms with van der Waals surface area (Å²) in [6.45, 7) is 0. The van der Waals surface area contributed by atoms with Crippen LogP contribution in [0.2, 0.25) is 5.02 Å². The Hall–Kier alpha value is -0.830. The Kier molecular flexibility index (Phi) is 5.03. The fraction of sp³-hybridized carbons (Fsp3) is 0.133. The average Bonchev–Trinajstić information content (AvgIpc) is 2.46. The summed E-state index contributed by atoms with van der Waals surface area (Å²) in [6, 6.07) is 16.3. The van der Waals surface area contributed by atoms with Crippen LogP contribution >= 0.6 is 39.1 Å². The van der Waals surface area contributed by atoms with Crippen LogP contribution in [0, 0.1) is 0 Å². The van der Waals surface area contributed by atoms with E-state index in [1.54, 1.807) is 24.3 Å². The summed E-state index contributed by atoms with van der Waals surface area (Å²) in [6.07, 6.45) is 0. The smallest absolute Gasteiger partial charge is 0.182 e. The van der Waals surface area contributed by atoms with Crippen molar-refractivity contribution in [3.05, 3.63) is 70.7 Å². The molecule has 0 radical (unpaired) electrons. The predicted octanol–water partition coefficient (Wildman–Crippen LogP) is 5.27. The molecule has 2 aromatic rings. The highest BCUT2D eigenvalue weighted by molar-refractivity contribution is 9.09. The van der Waals surface area contributed by atoms with Crippen LogP contribution in [0.25, 0.3) is 0 Å². The van der Waals surface area contributed by atoms with E-state index in [1.165, 1.54) is 0 Å². The fourth-order valence-corrected chi connectivity index (χ4v) is 2.65. The molecule has 98 valence electrons. The van der Waals surface area contributed by atoms with Crippen LogP contribution in [0.5, 0.6) is 0 Å². The van der Waals surface area contributed by atoms with Crippen molar-refractivity contribution in [3.8, 4) is 0 Å². The van der Waals surface area contributed by atoms with Crippen molar-refractivity contribution in [2.75, 3.05) is 0 Å². The number of rotatable bonds is 4. The average molecular weight is 358 g/mol. The molecular weight excluding hydrogens is 347 g/mol. The maximum Gasteiger partial charge on any atom is 0.182 e. The molecule has 1 nitrogen and oxygen atoms in total. The standard InChI is InChI=1S/C15H11BrCl2O/c16-13(10-6-8-12(17)9-7-10)14(18)15(19)11-4-2-1-3-5-11/h1-9,13-14H/t13-,14+/m0/s1. The molecular formula is C15H11BrCl2O. The van der Waals surface area contributed by atoms with Gasteiger partial charge in [0.2, 0.25) is 0 Å². The Morgan fingerprint density at radius 3 is 2.16 bits per heavy atom. The summed E-state index contributed by atoms with van der Waals surface area (Å²) in [5.41, 5.74) is 1.54. The SMILES string of the molecule is O=C(c1ccccc1)[C@H](Cl)[C@@H](Br)c1ccc(Cl)cc1. The van der Waals surface area contributed by atoms with Crippen molar-refractivity contribution < 1.29 is 4.79 Å². The van der Waals surface area contributed by atoms with Gasteiger partial charge in [0.1, 0.15) is 5.38 Å². The molecule has 0 unspecified atom stereocenters. The van der Waals surface area contributed by atoms with Gasteiger partial charge < -0.3 is 0 Å². The lowest BCUT2D eigenvalue weighted by atomic mass is 10.0. The van der Waals surface area contributed by atoms with Gasteiger partial charge in [-0.1, -0.05) is 70.0 Å². The van der Waals surface area contributed by atoms with Gasteiger partial charge in [-0.05, 0) is 17.7 Å². The Morgan fingerprint density at radius 1 is 1.00 bits per heavy atom. The van der Waals surface area contributed by atoms with Crippen LogP contribution in [0.1, 0.15) is 20.7 Å². The number of benzene rings is 2. The zero-order chi connectivity index (χ0) is 13.8. The van der Waals surface area contributed by atoms with E-state index in [4.69, 9.17) is 23.2 Å². The molecule has 0 amide bonds. The third-order valence-corrected chi connectivity index (χ3v) is 4.82. The molecule has 2 aromatic carbocycles. The summed E-state index contributed by atoms with van der Waals surface area (Å²) in [5, 5.41) is -0.00691. The molecule has 0 bridgehead atoms. The minimum atomic E-state index is -0.663. The topological polar surface area (TPSA) is 17.1 Å². The molecule has 2 rings (SSSR count). The number of hydrogen-bond acceptors (Lipinski definition) is 1. The summed E-state index contributed by atoms with van der Waals surface area (Å²) in [4.78, 5) is 12.0. The molecule has 0 saturated carbocycles. The highest BCUT2D eigenvalue weighted by Gasteiger charge is 2.26. The lowest BCUT2D eigenvalue weighted by molar-refractivity contribution is 0.0986. The van der Waals surface area contributed by atoms with E-state index in [2.05, 4.69) is 15.9 Å². The van der Waals surface area contributed by atoms with E-state index in [-0.39, 0.29) is 10.6 Å². The summed E-state index contributed by atoms with van der Waals surface area (Å²) in [5.74, 6) is -0.0981. The first kappa shape index (κ1) is 14.6. The maximum absolute atomic E-state index is 12.2. The van der Waals surface area contributed by atoms with Gasteiger partial charge in [0.25, 0.3) is 0 Å². The number of carbonyl (C=O) groups excluding carboxylic acids is 1. The molecule has 0 N–H and O–H groups in total. The molecule has 0 aliphatic rings. The molecule has 2 atom stereocenters. The third-order valence-electron chi connectivity index (χ3n) is 2.75. The molecule has 0 saturated heterocycles. The number of hydrogen-bond donors (Lipinski definition) is 0. The van der Waals surface area contributed by atoms with Gasteiger partial charge in [-0.25, -0.2) is 0 Å². The van der Waals surface area contributed by atoms with E-state index in [1.807, 2.05) is 30.3 Å². The van der Waals surface area contributed by atoms with Gasteiger partial charge in [0.05, 0.1) is 4.83 Å². The Balaban J connectivity index is 2.17. The lowest BCUT2D eigenvalue weighted by Gasteiger charge is -2.16. The van der Waals surface area contributed by atoms with Crippen molar-refractivity contribution in [1.82, 2.24) is 0 Å². The van der Waals surface area contributed by atoms with Crippen LogP contribution in [0.4, 0.5) is 0 Å². The minimum Gasteiger partial charge on any atom is -0.292 e. The first-order chi connectivity index (χ1) is 9.09. The number of ketones is 1. The maximum atomic E-state index is 12.2. The van der Waals surface area contributed by atoms with Crippen molar-refractivity contribution >= 4 is 44.9 Å². The van der Waals surface area contributed by atoms with Crippen molar-refractivity contribution in [3.63, 3.8) is 0 Å². The van der Waals surface area contributed by atoms with Crippen molar-refractivity contribution in [2.45, 2.75) is 10.2 Å². The molecule has 0 aliphatic heterocycles.